The van der Waals surface area contributed by atoms with Crippen molar-refractivity contribution in [1.29, 1.82) is 0 Å². The number of carbonyl (C=O) groups is 2. The zero-order valence-corrected chi connectivity index (χ0v) is 15.1. The van der Waals surface area contributed by atoms with Crippen molar-refractivity contribution >= 4 is 35.0 Å². The van der Waals surface area contributed by atoms with Crippen LogP contribution in [0.2, 0.25) is 10.0 Å². The highest BCUT2D eigenvalue weighted by Crippen LogP contribution is 2.20. The first-order valence-corrected chi connectivity index (χ1v) is 8.90. The van der Waals surface area contributed by atoms with Gasteiger partial charge < -0.3 is 10.2 Å². The third kappa shape index (κ3) is 4.33. The van der Waals surface area contributed by atoms with Gasteiger partial charge in [-0.25, -0.2) is 0 Å². The van der Waals surface area contributed by atoms with E-state index in [9.17, 15) is 9.59 Å². The smallest absolute Gasteiger partial charge is 0.255 e. The summed E-state index contributed by atoms with van der Waals surface area (Å²) in [5.74, 6) is -0.205. The molecule has 25 heavy (non-hydrogen) atoms. The number of piperidine rings is 1. The van der Waals surface area contributed by atoms with Crippen molar-refractivity contribution < 1.29 is 9.59 Å². The fourth-order valence-electron chi connectivity index (χ4n) is 2.93. The van der Waals surface area contributed by atoms with Gasteiger partial charge in [0.25, 0.3) is 11.8 Å². The van der Waals surface area contributed by atoms with Gasteiger partial charge in [0.05, 0.1) is 10.6 Å². The second-order valence-electron chi connectivity index (χ2n) is 6.03. The summed E-state index contributed by atoms with van der Waals surface area (Å²) in [6.07, 6.45) is 1.42. The molecular weight excluding hydrogens is 359 g/mol. The molecule has 0 radical (unpaired) electrons. The second-order valence-corrected chi connectivity index (χ2v) is 6.87. The zero-order valence-electron chi connectivity index (χ0n) is 13.5. The van der Waals surface area contributed by atoms with E-state index in [1.54, 1.807) is 53.4 Å². The Balaban J connectivity index is 1.56. The van der Waals surface area contributed by atoms with E-state index in [2.05, 4.69) is 5.32 Å². The number of amides is 2. The number of halogens is 2. The van der Waals surface area contributed by atoms with Crippen LogP contribution in [0, 0.1) is 0 Å². The first-order valence-electron chi connectivity index (χ1n) is 8.15. The monoisotopic (exact) mass is 376 g/mol. The van der Waals surface area contributed by atoms with Gasteiger partial charge in [0.1, 0.15) is 0 Å². The van der Waals surface area contributed by atoms with Crippen molar-refractivity contribution in [3.05, 3.63) is 69.7 Å². The van der Waals surface area contributed by atoms with E-state index in [0.717, 1.165) is 0 Å². The third-order valence-corrected chi connectivity index (χ3v) is 4.87. The van der Waals surface area contributed by atoms with E-state index < -0.39 is 0 Å². The average molecular weight is 377 g/mol. The van der Waals surface area contributed by atoms with Crippen LogP contribution in [-0.4, -0.2) is 35.8 Å². The van der Waals surface area contributed by atoms with Crippen LogP contribution in [0.3, 0.4) is 0 Å². The van der Waals surface area contributed by atoms with Gasteiger partial charge in [-0.3, -0.25) is 9.59 Å². The predicted molar refractivity (Wildman–Crippen MR) is 99.3 cm³/mol. The number of nitrogens with zero attached hydrogens (tertiary/aromatic N) is 1. The Bertz CT molecular complexity index is 786. The van der Waals surface area contributed by atoms with Gasteiger partial charge in [0, 0.05) is 29.7 Å². The van der Waals surface area contributed by atoms with Crippen molar-refractivity contribution in [3.8, 4) is 0 Å². The number of carbonyl (C=O) groups excluding carboxylic acids is 2. The maximum atomic E-state index is 12.5. The van der Waals surface area contributed by atoms with Gasteiger partial charge in [-0.15, -0.1) is 0 Å². The van der Waals surface area contributed by atoms with Crippen LogP contribution in [-0.2, 0) is 0 Å². The molecular formula is C19H18Cl2N2O2. The molecule has 0 aromatic heterocycles. The van der Waals surface area contributed by atoms with Gasteiger partial charge in [0.15, 0.2) is 0 Å². The van der Waals surface area contributed by atoms with E-state index >= 15 is 0 Å². The van der Waals surface area contributed by atoms with Crippen molar-refractivity contribution in [3.63, 3.8) is 0 Å². The molecule has 0 saturated carbocycles. The quantitative estimate of drug-likeness (QED) is 0.878. The van der Waals surface area contributed by atoms with Crippen LogP contribution in [0.1, 0.15) is 33.6 Å². The first-order chi connectivity index (χ1) is 12.0. The fourth-order valence-corrected chi connectivity index (χ4v) is 3.34. The maximum Gasteiger partial charge on any atom is 0.255 e. The topological polar surface area (TPSA) is 49.4 Å². The van der Waals surface area contributed by atoms with E-state index in [4.69, 9.17) is 23.2 Å². The molecule has 3 rings (SSSR count). The number of likely N-dealkylation sites (tertiary alicyclic amines) is 1. The molecule has 4 nitrogen and oxygen atoms in total. The van der Waals surface area contributed by atoms with Crippen LogP contribution in [0.5, 0.6) is 0 Å². The molecule has 0 spiro atoms. The van der Waals surface area contributed by atoms with Crippen LogP contribution in [0.15, 0.2) is 48.5 Å². The Morgan fingerprint density at radius 2 is 1.72 bits per heavy atom. The molecule has 1 saturated heterocycles. The number of rotatable bonds is 3. The Morgan fingerprint density at radius 1 is 1.00 bits per heavy atom. The Kier molecular flexibility index (Phi) is 5.61. The predicted octanol–water partition coefficient (Wildman–Crippen LogP) is 4.03. The highest BCUT2D eigenvalue weighted by molar-refractivity contribution is 6.33. The summed E-state index contributed by atoms with van der Waals surface area (Å²) in [6.45, 7) is 1.18. The molecule has 0 bridgehead atoms. The molecule has 0 atom stereocenters. The molecule has 1 fully saturated rings. The average Bonchev–Trinajstić information content (AvgIpc) is 2.62. The molecule has 1 aliphatic rings. The van der Waals surface area contributed by atoms with E-state index in [1.165, 1.54) is 0 Å². The van der Waals surface area contributed by atoms with Crippen LogP contribution in [0.4, 0.5) is 0 Å². The molecule has 6 heteroatoms. The lowest BCUT2D eigenvalue weighted by atomic mass is 10.0. The Hall–Kier alpha value is -2.04. The van der Waals surface area contributed by atoms with Crippen molar-refractivity contribution in [2.45, 2.75) is 18.9 Å². The highest BCUT2D eigenvalue weighted by Gasteiger charge is 2.25. The largest absolute Gasteiger partial charge is 0.349 e. The lowest BCUT2D eigenvalue weighted by Crippen LogP contribution is -2.46. The van der Waals surface area contributed by atoms with Gasteiger partial charge in [0.2, 0.25) is 0 Å². The van der Waals surface area contributed by atoms with Crippen molar-refractivity contribution in [2.75, 3.05) is 13.1 Å². The summed E-state index contributed by atoms with van der Waals surface area (Å²) in [5.41, 5.74) is 1.06. The molecule has 1 N–H and O–H groups in total. The van der Waals surface area contributed by atoms with Crippen LogP contribution >= 0.6 is 23.2 Å². The minimum Gasteiger partial charge on any atom is -0.349 e. The van der Waals surface area contributed by atoms with Crippen molar-refractivity contribution in [2.24, 2.45) is 0 Å². The molecule has 130 valence electrons. The standard InChI is InChI=1S/C19H18Cl2N2O2/c20-14-5-3-4-13(12-14)18(24)22-15-8-10-23(11-9-15)19(25)16-6-1-2-7-17(16)21/h1-7,12,15H,8-11H2,(H,22,24). The molecule has 1 heterocycles. The third-order valence-electron chi connectivity index (χ3n) is 4.31. The van der Waals surface area contributed by atoms with E-state index in [1.807, 2.05) is 0 Å². The lowest BCUT2D eigenvalue weighted by Gasteiger charge is -2.32. The van der Waals surface area contributed by atoms with E-state index in [0.29, 0.717) is 47.1 Å². The molecule has 0 unspecified atom stereocenters. The Morgan fingerprint density at radius 3 is 2.40 bits per heavy atom. The molecule has 1 aliphatic heterocycles. The summed E-state index contributed by atoms with van der Waals surface area (Å²) in [6, 6.07) is 14.0. The van der Waals surface area contributed by atoms with Gasteiger partial charge >= 0.3 is 0 Å². The maximum absolute atomic E-state index is 12.5. The normalized spacial score (nSPS) is 15.0. The molecule has 2 aromatic carbocycles. The minimum atomic E-state index is -0.140. The minimum absolute atomic E-state index is 0.0433. The first kappa shape index (κ1) is 17.8. The highest BCUT2D eigenvalue weighted by atomic mass is 35.5. The van der Waals surface area contributed by atoms with Crippen LogP contribution < -0.4 is 5.32 Å². The van der Waals surface area contributed by atoms with Gasteiger partial charge in [-0.1, -0.05) is 41.4 Å². The molecule has 2 amide bonds. The van der Waals surface area contributed by atoms with E-state index in [-0.39, 0.29) is 17.9 Å². The number of hydrogen-bond acceptors (Lipinski definition) is 2. The summed E-state index contributed by atoms with van der Waals surface area (Å²) in [4.78, 5) is 26.6. The van der Waals surface area contributed by atoms with Crippen LogP contribution in [0.25, 0.3) is 0 Å². The lowest BCUT2D eigenvalue weighted by molar-refractivity contribution is 0.0698. The number of benzene rings is 2. The SMILES string of the molecule is O=C(NC1CCN(C(=O)c2ccccc2Cl)CC1)c1cccc(Cl)c1. The Labute approximate surface area is 156 Å². The summed E-state index contributed by atoms with van der Waals surface area (Å²) in [5, 5.41) is 4.01. The fraction of sp³-hybridized carbons (Fsp3) is 0.263. The zero-order chi connectivity index (χ0) is 17.8. The summed E-state index contributed by atoms with van der Waals surface area (Å²) < 4.78 is 0. The summed E-state index contributed by atoms with van der Waals surface area (Å²) >= 11 is 12.0. The van der Waals surface area contributed by atoms with Gasteiger partial charge in [-0.05, 0) is 43.2 Å². The van der Waals surface area contributed by atoms with Gasteiger partial charge in [-0.2, -0.15) is 0 Å². The number of hydrogen-bond donors (Lipinski definition) is 1. The summed E-state index contributed by atoms with van der Waals surface area (Å²) in [7, 11) is 0. The second kappa shape index (κ2) is 7.89. The van der Waals surface area contributed by atoms with Crippen molar-refractivity contribution in [1.82, 2.24) is 10.2 Å². The number of nitrogens with one attached hydrogen (secondary N) is 1. The molecule has 2 aromatic rings. The molecule has 0 aliphatic carbocycles.